The molecule has 0 saturated heterocycles. The van der Waals surface area contributed by atoms with Crippen LogP contribution in [0.5, 0.6) is 0 Å². The van der Waals surface area contributed by atoms with Crippen molar-refractivity contribution in [1.82, 2.24) is 5.32 Å². The van der Waals surface area contributed by atoms with Crippen molar-refractivity contribution in [2.45, 2.75) is 12.5 Å². The molecule has 0 saturated carbocycles. The first-order valence-electron chi connectivity index (χ1n) is 7.37. The normalized spacial score (nSPS) is 11.4. The van der Waals surface area contributed by atoms with Crippen LogP contribution in [0.1, 0.15) is 26.3 Å². The predicted molar refractivity (Wildman–Crippen MR) is 94.5 cm³/mol. The molecule has 2 rings (SSSR count). The lowest BCUT2D eigenvalue weighted by Crippen LogP contribution is -2.42. The summed E-state index contributed by atoms with van der Waals surface area (Å²) in [5, 5.41) is 11.8. The SMILES string of the molecule is COC(=O)c1cccc(C(=O)N[C@H](Cc2ccc(Br)cc2)C(=O)O)c1. The molecule has 25 heavy (non-hydrogen) atoms. The van der Waals surface area contributed by atoms with Gasteiger partial charge in [0.1, 0.15) is 6.04 Å². The van der Waals surface area contributed by atoms with Crippen molar-refractivity contribution in [2.75, 3.05) is 7.11 Å². The Labute approximate surface area is 152 Å². The van der Waals surface area contributed by atoms with Crippen LogP contribution in [0.3, 0.4) is 0 Å². The van der Waals surface area contributed by atoms with Crippen LogP contribution < -0.4 is 5.32 Å². The van der Waals surface area contributed by atoms with E-state index in [9.17, 15) is 19.5 Å². The van der Waals surface area contributed by atoms with E-state index in [2.05, 4.69) is 26.0 Å². The van der Waals surface area contributed by atoms with Gasteiger partial charge in [0.15, 0.2) is 0 Å². The molecule has 1 atom stereocenters. The van der Waals surface area contributed by atoms with Gasteiger partial charge in [0, 0.05) is 16.5 Å². The highest BCUT2D eigenvalue weighted by Crippen LogP contribution is 2.13. The summed E-state index contributed by atoms with van der Waals surface area (Å²) in [6.45, 7) is 0. The molecular formula is C18H16BrNO5. The average molecular weight is 406 g/mol. The minimum Gasteiger partial charge on any atom is -0.480 e. The molecule has 0 aliphatic carbocycles. The predicted octanol–water partition coefficient (Wildman–Crippen LogP) is 2.66. The summed E-state index contributed by atoms with van der Waals surface area (Å²) in [6, 6.07) is 12.0. The van der Waals surface area contributed by atoms with E-state index in [1.54, 1.807) is 24.3 Å². The molecule has 0 bridgehead atoms. The van der Waals surface area contributed by atoms with Crippen LogP contribution >= 0.6 is 15.9 Å². The standard InChI is InChI=1S/C18H16BrNO5/c1-25-18(24)13-4-2-3-12(10-13)16(21)20-15(17(22)23)9-11-5-7-14(19)8-6-11/h2-8,10,15H,9H2,1H3,(H,20,21)(H,22,23)/t15-/m1/s1. The Kier molecular flexibility index (Phi) is 6.30. The molecule has 0 unspecified atom stereocenters. The summed E-state index contributed by atoms with van der Waals surface area (Å²) in [5.74, 6) is -2.28. The Morgan fingerprint density at radius 2 is 1.76 bits per heavy atom. The van der Waals surface area contributed by atoms with Crippen molar-refractivity contribution in [1.29, 1.82) is 0 Å². The maximum atomic E-state index is 12.3. The van der Waals surface area contributed by atoms with Gasteiger partial charge in [-0.25, -0.2) is 9.59 Å². The molecule has 2 N–H and O–H groups in total. The highest BCUT2D eigenvalue weighted by molar-refractivity contribution is 9.10. The van der Waals surface area contributed by atoms with E-state index in [-0.39, 0.29) is 17.5 Å². The number of methoxy groups -OCH3 is 1. The van der Waals surface area contributed by atoms with E-state index in [1.165, 1.54) is 31.4 Å². The van der Waals surface area contributed by atoms with Gasteiger partial charge >= 0.3 is 11.9 Å². The molecule has 2 aromatic rings. The third-order valence-corrected chi connectivity index (χ3v) is 4.03. The number of halogens is 1. The maximum Gasteiger partial charge on any atom is 0.337 e. The first-order chi connectivity index (χ1) is 11.9. The second-order valence-electron chi connectivity index (χ2n) is 5.27. The fourth-order valence-electron chi connectivity index (χ4n) is 2.20. The molecule has 2 aromatic carbocycles. The van der Waals surface area contributed by atoms with Crippen LogP contribution in [0, 0.1) is 0 Å². The quantitative estimate of drug-likeness (QED) is 0.720. The molecule has 0 aromatic heterocycles. The number of carbonyl (C=O) groups is 3. The van der Waals surface area contributed by atoms with E-state index in [0.717, 1.165) is 10.0 Å². The second kappa shape index (κ2) is 8.43. The molecule has 0 aliphatic rings. The molecule has 7 heteroatoms. The van der Waals surface area contributed by atoms with Gasteiger partial charge in [-0.05, 0) is 35.9 Å². The number of carboxylic acid groups (broad SMARTS) is 1. The molecule has 0 fully saturated rings. The molecule has 130 valence electrons. The van der Waals surface area contributed by atoms with Crippen LogP contribution in [-0.4, -0.2) is 36.1 Å². The summed E-state index contributed by atoms with van der Waals surface area (Å²) in [7, 11) is 1.24. The number of carboxylic acids is 1. The van der Waals surface area contributed by atoms with Crippen molar-refractivity contribution in [3.63, 3.8) is 0 Å². The smallest absolute Gasteiger partial charge is 0.337 e. The molecule has 0 heterocycles. The summed E-state index contributed by atoms with van der Waals surface area (Å²) >= 11 is 3.31. The number of benzene rings is 2. The number of hydrogen-bond donors (Lipinski definition) is 2. The number of hydrogen-bond acceptors (Lipinski definition) is 4. The third-order valence-electron chi connectivity index (χ3n) is 3.50. The fraction of sp³-hybridized carbons (Fsp3) is 0.167. The first-order valence-corrected chi connectivity index (χ1v) is 8.16. The number of amides is 1. The van der Waals surface area contributed by atoms with E-state index in [0.29, 0.717) is 0 Å². The minimum absolute atomic E-state index is 0.144. The van der Waals surface area contributed by atoms with Crippen molar-refractivity contribution in [3.8, 4) is 0 Å². The van der Waals surface area contributed by atoms with Gasteiger partial charge in [-0.15, -0.1) is 0 Å². The Morgan fingerprint density at radius 3 is 2.36 bits per heavy atom. The van der Waals surface area contributed by atoms with E-state index < -0.39 is 23.9 Å². The number of nitrogens with one attached hydrogen (secondary N) is 1. The van der Waals surface area contributed by atoms with Crippen LogP contribution in [0.4, 0.5) is 0 Å². The van der Waals surface area contributed by atoms with Crippen molar-refractivity contribution >= 4 is 33.8 Å². The Morgan fingerprint density at radius 1 is 1.12 bits per heavy atom. The average Bonchev–Trinajstić information content (AvgIpc) is 2.62. The summed E-state index contributed by atoms with van der Waals surface area (Å²) in [4.78, 5) is 35.3. The topological polar surface area (TPSA) is 92.7 Å². The van der Waals surface area contributed by atoms with Gasteiger partial charge in [0.2, 0.25) is 0 Å². The third kappa shape index (κ3) is 5.15. The number of ether oxygens (including phenoxy) is 1. The van der Waals surface area contributed by atoms with Crippen molar-refractivity contribution in [3.05, 3.63) is 69.7 Å². The van der Waals surface area contributed by atoms with Gasteiger partial charge in [0.05, 0.1) is 12.7 Å². The molecule has 0 aliphatic heterocycles. The number of aliphatic carboxylic acids is 1. The zero-order valence-corrected chi connectivity index (χ0v) is 14.9. The van der Waals surface area contributed by atoms with E-state index >= 15 is 0 Å². The first kappa shape index (κ1) is 18.7. The van der Waals surface area contributed by atoms with Crippen LogP contribution in [-0.2, 0) is 16.0 Å². The van der Waals surface area contributed by atoms with Crippen LogP contribution in [0.25, 0.3) is 0 Å². The molecule has 0 spiro atoms. The maximum absolute atomic E-state index is 12.3. The van der Waals surface area contributed by atoms with Gasteiger partial charge < -0.3 is 15.2 Å². The van der Waals surface area contributed by atoms with Gasteiger partial charge in [-0.1, -0.05) is 34.1 Å². The number of rotatable bonds is 6. The molecule has 0 radical (unpaired) electrons. The van der Waals surface area contributed by atoms with Crippen molar-refractivity contribution < 1.29 is 24.2 Å². The summed E-state index contributed by atoms with van der Waals surface area (Å²) < 4.78 is 5.49. The molecule has 6 nitrogen and oxygen atoms in total. The minimum atomic E-state index is -1.14. The molecule has 1 amide bonds. The van der Waals surface area contributed by atoms with Crippen molar-refractivity contribution in [2.24, 2.45) is 0 Å². The largest absolute Gasteiger partial charge is 0.480 e. The Balaban J connectivity index is 2.13. The summed E-state index contributed by atoms with van der Waals surface area (Å²) in [6.07, 6.45) is 0.144. The lowest BCUT2D eigenvalue weighted by Gasteiger charge is -2.15. The Bertz CT molecular complexity index is 788. The second-order valence-corrected chi connectivity index (χ2v) is 6.18. The van der Waals surface area contributed by atoms with Crippen LogP contribution in [0.2, 0.25) is 0 Å². The number of esters is 1. The fourth-order valence-corrected chi connectivity index (χ4v) is 2.47. The van der Waals surface area contributed by atoms with E-state index in [1.807, 2.05) is 0 Å². The van der Waals surface area contributed by atoms with Crippen LogP contribution in [0.15, 0.2) is 53.0 Å². The van der Waals surface area contributed by atoms with Gasteiger partial charge in [0.25, 0.3) is 5.91 Å². The lowest BCUT2D eigenvalue weighted by molar-refractivity contribution is -0.139. The highest BCUT2D eigenvalue weighted by atomic mass is 79.9. The van der Waals surface area contributed by atoms with Gasteiger partial charge in [-0.2, -0.15) is 0 Å². The number of carbonyl (C=O) groups excluding carboxylic acids is 2. The Hall–Kier alpha value is -2.67. The van der Waals surface area contributed by atoms with E-state index in [4.69, 9.17) is 0 Å². The summed E-state index contributed by atoms with van der Waals surface area (Å²) in [5.41, 5.74) is 1.18. The molecular weight excluding hydrogens is 390 g/mol. The highest BCUT2D eigenvalue weighted by Gasteiger charge is 2.21. The monoisotopic (exact) mass is 405 g/mol. The lowest BCUT2D eigenvalue weighted by atomic mass is 10.0. The zero-order chi connectivity index (χ0) is 18.4. The zero-order valence-electron chi connectivity index (χ0n) is 13.4. The van der Waals surface area contributed by atoms with Gasteiger partial charge in [-0.3, -0.25) is 4.79 Å².